The molecule has 6 aromatic rings. The third kappa shape index (κ3) is 7.65. The largest absolute Gasteiger partial charge is 0.493 e. The Balaban J connectivity index is 1.12. The van der Waals surface area contributed by atoms with Gasteiger partial charge < -0.3 is 29.2 Å². The minimum Gasteiger partial charge on any atom is -0.493 e. The van der Waals surface area contributed by atoms with Gasteiger partial charge in [-0.25, -0.2) is 13.2 Å². The van der Waals surface area contributed by atoms with Crippen molar-refractivity contribution < 1.29 is 32.5 Å². The number of carbonyl (C=O) groups excluding carboxylic acids is 1. The summed E-state index contributed by atoms with van der Waals surface area (Å²) in [7, 11) is -1.41. The van der Waals surface area contributed by atoms with Crippen molar-refractivity contribution in [3.8, 4) is 22.6 Å². The number of piperazine rings is 1. The predicted octanol–water partition coefficient (Wildman–Crippen LogP) is 6.06. The molecule has 1 aliphatic rings. The van der Waals surface area contributed by atoms with Gasteiger partial charge in [-0.2, -0.15) is 9.40 Å². The van der Waals surface area contributed by atoms with Crippen molar-refractivity contribution in [1.29, 1.82) is 0 Å². The molecule has 0 amide bonds. The lowest BCUT2D eigenvalue weighted by atomic mass is 9.98. The van der Waals surface area contributed by atoms with Crippen LogP contribution in [0.1, 0.15) is 40.8 Å². The van der Waals surface area contributed by atoms with E-state index in [1.165, 1.54) is 10.6 Å². The maximum Gasteiger partial charge on any atom is 0.355 e. The van der Waals surface area contributed by atoms with Gasteiger partial charge in [0.2, 0.25) is 10.0 Å². The van der Waals surface area contributed by atoms with E-state index in [2.05, 4.69) is 22.0 Å². The van der Waals surface area contributed by atoms with Gasteiger partial charge in [0.05, 0.1) is 37.3 Å². The Morgan fingerprint density at radius 3 is 2.37 bits per heavy atom. The highest BCUT2D eigenvalue weighted by Crippen LogP contribution is 2.37. The van der Waals surface area contributed by atoms with E-state index in [-0.39, 0.29) is 19.8 Å². The molecule has 0 aliphatic carbocycles. The van der Waals surface area contributed by atoms with Crippen LogP contribution in [0.3, 0.4) is 0 Å². The number of esters is 1. The number of aliphatic hydroxyl groups excluding tert-OH is 1. The van der Waals surface area contributed by atoms with Crippen LogP contribution in [0, 0.1) is 0 Å². The lowest BCUT2D eigenvalue weighted by Gasteiger charge is -2.34. The molecule has 1 fully saturated rings. The average Bonchev–Trinajstić information content (AvgIpc) is 3.72. The number of sulfonamides is 1. The van der Waals surface area contributed by atoms with Gasteiger partial charge in [0.25, 0.3) is 0 Å². The molecule has 0 bridgehead atoms. The van der Waals surface area contributed by atoms with E-state index in [9.17, 15) is 18.3 Å². The zero-order valence-corrected chi connectivity index (χ0v) is 31.6. The minimum absolute atomic E-state index is 0.135. The summed E-state index contributed by atoms with van der Waals surface area (Å²) < 4.78 is 45.0. The molecule has 0 atom stereocenters. The molecular weight excluding hydrogens is 707 g/mol. The number of aryl methyl sites for hydroxylation is 2. The van der Waals surface area contributed by atoms with Gasteiger partial charge in [-0.15, -0.1) is 0 Å². The molecule has 12 nitrogen and oxygen atoms in total. The molecule has 0 radical (unpaired) electrons. The standard InChI is InChI=1S/C41H45N5O7S/c1-4-51-41(48)40-33(15-9-25-52-37-16-7-11-28-10-5-6-12-31(28)37)32-13-8-14-34(39(32)42-40)38-35(43-44(2)36(38)26-47)27-53-30-19-17-29(18-20-30)45-21-23-46(24-22-45)54(3,49)50/h5-8,10-14,16-20,42,47H,4,9,15,21-27H2,1-3H3. The summed E-state index contributed by atoms with van der Waals surface area (Å²) in [6, 6.07) is 27.8. The van der Waals surface area contributed by atoms with E-state index in [0.717, 1.165) is 49.8 Å². The number of para-hydroxylation sites is 1. The number of nitrogens with zero attached hydrogens (tertiary/aromatic N) is 4. The smallest absolute Gasteiger partial charge is 0.355 e. The third-order valence-electron chi connectivity index (χ3n) is 9.94. The number of carbonyl (C=O) groups is 1. The van der Waals surface area contributed by atoms with Crippen LogP contribution in [-0.2, 0) is 41.4 Å². The molecule has 13 heteroatoms. The van der Waals surface area contributed by atoms with Gasteiger partial charge in [-0.1, -0.05) is 54.6 Å². The number of nitrogens with one attached hydrogen (secondary N) is 1. The fourth-order valence-corrected chi connectivity index (χ4v) is 8.09. The fraction of sp³-hybridized carbons (Fsp3) is 0.317. The van der Waals surface area contributed by atoms with Crippen LogP contribution in [0.2, 0.25) is 0 Å². The Bertz CT molecular complexity index is 2370. The SMILES string of the molecule is CCOC(=O)c1[nH]c2c(-c3c(COc4ccc(N5CCN(S(C)(=O)=O)CC5)cc4)nn(C)c3CO)cccc2c1CCCOc1cccc2ccccc12. The second kappa shape index (κ2) is 15.9. The Labute approximate surface area is 314 Å². The summed E-state index contributed by atoms with van der Waals surface area (Å²) in [6.45, 7) is 4.48. The Morgan fingerprint density at radius 1 is 0.907 bits per heavy atom. The maximum absolute atomic E-state index is 13.3. The van der Waals surface area contributed by atoms with Crippen LogP contribution in [0.15, 0.2) is 84.9 Å². The minimum atomic E-state index is -3.20. The summed E-state index contributed by atoms with van der Waals surface area (Å²) in [5, 5.41) is 18.3. The van der Waals surface area contributed by atoms with Gasteiger partial charge in [0, 0.05) is 60.8 Å². The van der Waals surface area contributed by atoms with Crippen molar-refractivity contribution in [2.24, 2.45) is 7.05 Å². The molecule has 282 valence electrons. The number of anilines is 1. The first-order valence-corrected chi connectivity index (χ1v) is 20.0. The average molecular weight is 752 g/mol. The van der Waals surface area contributed by atoms with E-state index in [4.69, 9.17) is 19.3 Å². The van der Waals surface area contributed by atoms with Crippen molar-refractivity contribution in [2.75, 3.05) is 50.5 Å². The van der Waals surface area contributed by atoms with Crippen molar-refractivity contribution in [2.45, 2.75) is 33.0 Å². The number of hydrogen-bond donors (Lipinski definition) is 2. The molecule has 1 aliphatic heterocycles. The highest BCUT2D eigenvalue weighted by molar-refractivity contribution is 7.88. The quantitative estimate of drug-likeness (QED) is 0.100. The highest BCUT2D eigenvalue weighted by Gasteiger charge is 2.26. The monoisotopic (exact) mass is 751 g/mol. The van der Waals surface area contributed by atoms with E-state index in [1.807, 2.05) is 72.8 Å². The van der Waals surface area contributed by atoms with Crippen molar-refractivity contribution in [3.05, 3.63) is 108 Å². The first-order chi connectivity index (χ1) is 26.2. The van der Waals surface area contributed by atoms with Crippen LogP contribution in [0.5, 0.6) is 11.5 Å². The van der Waals surface area contributed by atoms with Crippen LogP contribution in [0.4, 0.5) is 5.69 Å². The molecule has 0 saturated carbocycles. The normalized spacial score (nSPS) is 13.8. The second-order valence-electron chi connectivity index (χ2n) is 13.3. The van der Waals surface area contributed by atoms with Gasteiger partial charge >= 0.3 is 5.97 Å². The summed E-state index contributed by atoms with van der Waals surface area (Å²) in [4.78, 5) is 18.9. The fourth-order valence-electron chi connectivity index (χ4n) is 7.27. The molecular formula is C41H45N5O7S. The number of ether oxygens (including phenoxy) is 3. The molecule has 2 aromatic heterocycles. The molecule has 54 heavy (non-hydrogen) atoms. The number of benzene rings is 4. The number of fused-ring (bicyclic) bond motifs is 2. The second-order valence-corrected chi connectivity index (χ2v) is 15.3. The number of hydrogen-bond acceptors (Lipinski definition) is 9. The lowest BCUT2D eigenvalue weighted by Crippen LogP contribution is -2.48. The summed E-state index contributed by atoms with van der Waals surface area (Å²) in [6.07, 6.45) is 2.48. The van der Waals surface area contributed by atoms with Gasteiger partial charge in [0.15, 0.2) is 0 Å². The lowest BCUT2D eigenvalue weighted by molar-refractivity contribution is 0.0519. The first kappa shape index (κ1) is 37.0. The molecule has 4 aromatic carbocycles. The van der Waals surface area contributed by atoms with E-state index in [1.54, 1.807) is 18.7 Å². The van der Waals surface area contributed by atoms with Gasteiger partial charge in [-0.05, 0) is 61.0 Å². The summed E-state index contributed by atoms with van der Waals surface area (Å²) in [5.41, 5.74) is 5.74. The predicted molar refractivity (Wildman–Crippen MR) is 210 cm³/mol. The van der Waals surface area contributed by atoms with E-state index < -0.39 is 16.0 Å². The Hall–Kier alpha value is -5.37. The topological polar surface area (TPSA) is 139 Å². The maximum atomic E-state index is 13.3. The van der Waals surface area contributed by atoms with Crippen molar-refractivity contribution in [3.63, 3.8) is 0 Å². The summed E-state index contributed by atoms with van der Waals surface area (Å²) in [5.74, 6) is 1.04. The third-order valence-corrected chi connectivity index (χ3v) is 11.2. The highest BCUT2D eigenvalue weighted by atomic mass is 32.2. The number of H-pyrrole nitrogens is 1. The van der Waals surface area contributed by atoms with Crippen molar-refractivity contribution in [1.82, 2.24) is 19.1 Å². The molecule has 0 spiro atoms. The number of aromatic nitrogens is 3. The number of aromatic amines is 1. The zero-order chi connectivity index (χ0) is 37.8. The number of rotatable bonds is 14. The molecule has 0 unspecified atom stereocenters. The van der Waals surface area contributed by atoms with Crippen LogP contribution in [-0.4, -0.2) is 84.2 Å². The first-order valence-electron chi connectivity index (χ1n) is 18.2. The van der Waals surface area contributed by atoms with Crippen LogP contribution in [0.25, 0.3) is 32.8 Å². The number of aliphatic hydroxyl groups is 1. The Kier molecular flexibility index (Phi) is 10.9. The van der Waals surface area contributed by atoms with E-state index >= 15 is 0 Å². The van der Waals surface area contributed by atoms with Crippen molar-refractivity contribution >= 4 is 43.4 Å². The molecule has 3 heterocycles. The van der Waals surface area contributed by atoms with E-state index in [0.29, 0.717) is 68.5 Å². The van der Waals surface area contributed by atoms with Crippen LogP contribution >= 0.6 is 0 Å². The van der Waals surface area contributed by atoms with Crippen LogP contribution < -0.4 is 14.4 Å². The molecule has 1 saturated heterocycles. The van der Waals surface area contributed by atoms with Gasteiger partial charge in [0.1, 0.15) is 29.5 Å². The molecule has 7 rings (SSSR count). The molecule has 2 N–H and O–H groups in total. The Morgan fingerprint density at radius 2 is 1.63 bits per heavy atom. The van der Waals surface area contributed by atoms with Gasteiger partial charge in [-0.3, -0.25) is 4.68 Å². The summed E-state index contributed by atoms with van der Waals surface area (Å²) >= 11 is 0. The zero-order valence-electron chi connectivity index (χ0n) is 30.7.